The number of benzene rings is 1. The Hall–Kier alpha value is -2.87. The van der Waals surface area contributed by atoms with E-state index in [0.29, 0.717) is 17.3 Å². The summed E-state index contributed by atoms with van der Waals surface area (Å²) in [7, 11) is 0. The van der Waals surface area contributed by atoms with E-state index in [-0.39, 0.29) is 36.7 Å². The lowest BCUT2D eigenvalue weighted by Crippen LogP contribution is -3.11. The van der Waals surface area contributed by atoms with Gasteiger partial charge in [-0.3, -0.25) is 14.5 Å². The van der Waals surface area contributed by atoms with Gasteiger partial charge in [0.25, 0.3) is 11.8 Å². The number of hydrogen-bond acceptors (Lipinski definition) is 5. The Labute approximate surface area is 183 Å². The molecule has 1 atom stereocenters. The van der Waals surface area contributed by atoms with Gasteiger partial charge in [-0.25, -0.2) is 4.98 Å². The molecule has 1 aliphatic heterocycles. The van der Waals surface area contributed by atoms with Crippen molar-refractivity contribution in [1.82, 2.24) is 10.3 Å². The summed E-state index contributed by atoms with van der Waals surface area (Å²) in [5.41, 5.74) is 1.93. The number of nitrogens with one attached hydrogen (secondary N) is 2. The lowest BCUT2D eigenvalue weighted by atomic mass is 10.1. The van der Waals surface area contributed by atoms with Crippen molar-refractivity contribution in [2.75, 3.05) is 31.1 Å². The molecule has 0 unspecified atom stereocenters. The summed E-state index contributed by atoms with van der Waals surface area (Å²) in [6.45, 7) is 11.8. The van der Waals surface area contributed by atoms with Crippen LogP contribution in [0.4, 0.5) is 5.69 Å². The van der Waals surface area contributed by atoms with Crippen LogP contribution >= 0.6 is 0 Å². The normalized spacial score (nSPS) is 14.4. The van der Waals surface area contributed by atoms with Crippen LogP contribution in [-0.2, 0) is 11.3 Å². The molecule has 31 heavy (non-hydrogen) atoms. The van der Waals surface area contributed by atoms with Crippen LogP contribution in [0.5, 0.6) is 5.75 Å². The zero-order valence-corrected chi connectivity index (χ0v) is 18.9. The first-order valence-electron chi connectivity index (χ1n) is 11.0. The van der Waals surface area contributed by atoms with Crippen molar-refractivity contribution in [1.29, 1.82) is 0 Å². The van der Waals surface area contributed by atoms with E-state index in [2.05, 4.69) is 24.1 Å². The second kappa shape index (κ2) is 10.4. The second-order valence-electron chi connectivity index (χ2n) is 8.09. The van der Waals surface area contributed by atoms with Gasteiger partial charge in [-0.05, 0) is 58.2 Å². The summed E-state index contributed by atoms with van der Waals surface area (Å²) in [4.78, 5) is 32.4. The van der Waals surface area contributed by atoms with E-state index in [1.807, 2.05) is 32.0 Å². The molecule has 2 N–H and O–H groups in total. The van der Waals surface area contributed by atoms with Gasteiger partial charge in [-0.1, -0.05) is 6.07 Å². The third-order valence-electron chi connectivity index (χ3n) is 5.68. The maximum Gasteiger partial charge on any atom is 0.273 e. The van der Waals surface area contributed by atoms with E-state index >= 15 is 0 Å². The molecule has 0 saturated heterocycles. The van der Waals surface area contributed by atoms with Crippen LogP contribution < -0.4 is 19.9 Å². The molecule has 0 saturated carbocycles. The summed E-state index contributed by atoms with van der Waals surface area (Å²) < 4.78 is 11.0. The number of ether oxygens (including phenoxy) is 1. The third-order valence-corrected chi connectivity index (χ3v) is 5.68. The maximum absolute atomic E-state index is 12.5. The number of hydrogen-bond donors (Lipinski definition) is 2. The third kappa shape index (κ3) is 5.85. The smallest absolute Gasteiger partial charge is 0.273 e. The molecule has 168 valence electrons. The van der Waals surface area contributed by atoms with Crippen LogP contribution in [0.15, 0.2) is 28.9 Å². The first-order valence-corrected chi connectivity index (χ1v) is 11.0. The predicted molar refractivity (Wildman–Crippen MR) is 117 cm³/mol. The molecule has 2 aromatic rings. The molecule has 1 aromatic heterocycles. The molecule has 8 heteroatoms. The number of fused-ring (bicyclic) bond motifs is 1. The highest BCUT2D eigenvalue weighted by Gasteiger charge is 2.27. The van der Waals surface area contributed by atoms with E-state index < -0.39 is 0 Å². The number of carbonyl (C=O) groups excluding carboxylic acids is 2. The van der Waals surface area contributed by atoms with Crippen molar-refractivity contribution in [3.8, 4) is 5.75 Å². The van der Waals surface area contributed by atoms with Crippen molar-refractivity contribution < 1.29 is 23.6 Å². The maximum atomic E-state index is 12.5. The largest absolute Gasteiger partial charge is 0.482 e. The van der Waals surface area contributed by atoms with Crippen LogP contribution in [0.1, 0.15) is 55.6 Å². The molecule has 0 radical (unpaired) electrons. The molecule has 1 aliphatic rings. The summed E-state index contributed by atoms with van der Waals surface area (Å²) in [6, 6.07) is 5.73. The number of anilines is 1. The summed E-state index contributed by atoms with van der Waals surface area (Å²) in [6.07, 6.45) is 3.32. The fraction of sp³-hybridized carbons (Fsp3) is 0.522. The average molecular weight is 430 g/mol. The van der Waals surface area contributed by atoms with Gasteiger partial charge in [0.1, 0.15) is 18.6 Å². The van der Waals surface area contributed by atoms with Gasteiger partial charge in [0.05, 0.1) is 25.3 Å². The van der Waals surface area contributed by atoms with Gasteiger partial charge in [0.15, 0.2) is 12.3 Å². The number of oxazole rings is 1. The Morgan fingerprint density at radius 1 is 1.32 bits per heavy atom. The molecule has 8 nitrogen and oxygen atoms in total. The minimum atomic E-state index is -0.262. The molecule has 0 spiro atoms. The number of quaternary nitrogens is 1. The molecule has 0 fully saturated rings. The zero-order chi connectivity index (χ0) is 22.4. The number of aromatic nitrogens is 1. The fourth-order valence-electron chi connectivity index (χ4n) is 3.74. The van der Waals surface area contributed by atoms with Crippen LogP contribution in [-0.4, -0.2) is 49.1 Å². The Bertz CT molecular complexity index is 907. The van der Waals surface area contributed by atoms with E-state index in [9.17, 15) is 9.59 Å². The SMILES string of the molecule is CC[NH+](CC)CCC[C@@H](C)NC(=O)c1coc(CN2C(=O)COc3ccc(C)cc32)n1. The predicted octanol–water partition coefficient (Wildman–Crippen LogP) is 1.73. The number of amides is 2. The van der Waals surface area contributed by atoms with Crippen LogP contribution in [0, 0.1) is 6.92 Å². The molecule has 3 rings (SSSR count). The Kier molecular flexibility index (Phi) is 7.68. The molecule has 0 aliphatic carbocycles. The summed E-state index contributed by atoms with van der Waals surface area (Å²) in [5, 5.41) is 2.98. The number of nitrogens with zero attached hydrogens (tertiary/aromatic N) is 2. The van der Waals surface area contributed by atoms with Crippen molar-refractivity contribution in [3.63, 3.8) is 0 Å². The molecule has 1 aromatic carbocycles. The highest BCUT2D eigenvalue weighted by atomic mass is 16.5. The van der Waals surface area contributed by atoms with Gasteiger partial charge in [-0.2, -0.15) is 0 Å². The second-order valence-corrected chi connectivity index (χ2v) is 8.09. The van der Waals surface area contributed by atoms with Gasteiger partial charge < -0.3 is 19.4 Å². The highest BCUT2D eigenvalue weighted by molar-refractivity contribution is 5.97. The first-order chi connectivity index (χ1) is 14.9. The number of carbonyl (C=O) groups is 2. The minimum absolute atomic E-state index is 0.0309. The van der Waals surface area contributed by atoms with E-state index in [0.717, 1.165) is 38.0 Å². The summed E-state index contributed by atoms with van der Waals surface area (Å²) in [5.74, 6) is 0.522. The van der Waals surface area contributed by atoms with Crippen LogP contribution in [0.2, 0.25) is 0 Å². The first kappa shape index (κ1) is 22.8. The standard InChI is InChI=1S/C23H32N4O4/c1-5-26(6-2)11-7-8-17(4)24-23(29)18-14-31-21(25-18)13-27-19-12-16(3)9-10-20(19)30-15-22(27)28/h9-10,12,14,17H,5-8,11,13,15H2,1-4H3,(H,24,29)/p+1/t17-/m1/s1. The highest BCUT2D eigenvalue weighted by Crippen LogP contribution is 2.33. The van der Waals surface area contributed by atoms with Gasteiger partial charge in [-0.15, -0.1) is 0 Å². The Balaban J connectivity index is 1.57. The molecule has 2 heterocycles. The lowest BCUT2D eigenvalue weighted by molar-refractivity contribution is -0.896. The molecule has 0 bridgehead atoms. The average Bonchev–Trinajstić information content (AvgIpc) is 3.22. The Morgan fingerprint density at radius 3 is 2.84 bits per heavy atom. The van der Waals surface area contributed by atoms with Crippen LogP contribution in [0.25, 0.3) is 0 Å². The fourth-order valence-corrected chi connectivity index (χ4v) is 3.74. The lowest BCUT2D eigenvalue weighted by Gasteiger charge is -2.28. The molecule has 2 amide bonds. The number of rotatable bonds is 10. The van der Waals surface area contributed by atoms with E-state index in [1.165, 1.54) is 6.26 Å². The van der Waals surface area contributed by atoms with Gasteiger partial charge in [0, 0.05) is 6.04 Å². The van der Waals surface area contributed by atoms with Crippen molar-refractivity contribution >= 4 is 17.5 Å². The minimum Gasteiger partial charge on any atom is -0.482 e. The van der Waals surface area contributed by atoms with Crippen molar-refractivity contribution in [2.45, 2.75) is 53.1 Å². The van der Waals surface area contributed by atoms with E-state index in [1.54, 1.807) is 9.80 Å². The van der Waals surface area contributed by atoms with Crippen molar-refractivity contribution in [2.24, 2.45) is 0 Å². The Morgan fingerprint density at radius 2 is 2.10 bits per heavy atom. The van der Waals surface area contributed by atoms with Crippen molar-refractivity contribution in [3.05, 3.63) is 41.6 Å². The quantitative estimate of drug-likeness (QED) is 0.601. The molecular formula is C23H33N4O4+. The van der Waals surface area contributed by atoms with Crippen LogP contribution in [0.3, 0.4) is 0 Å². The van der Waals surface area contributed by atoms with Gasteiger partial charge >= 0.3 is 0 Å². The summed E-state index contributed by atoms with van der Waals surface area (Å²) >= 11 is 0. The van der Waals surface area contributed by atoms with Gasteiger partial charge in [0.2, 0.25) is 5.89 Å². The monoisotopic (exact) mass is 429 g/mol. The van der Waals surface area contributed by atoms with E-state index in [4.69, 9.17) is 9.15 Å². The topological polar surface area (TPSA) is 89.1 Å². The molecular weight excluding hydrogens is 396 g/mol. The zero-order valence-electron chi connectivity index (χ0n) is 18.9. The number of aryl methyl sites for hydroxylation is 1.